The Morgan fingerprint density at radius 1 is 1.12 bits per heavy atom. The number of rotatable bonds is 5. The van der Waals surface area contributed by atoms with Gasteiger partial charge in [-0.15, -0.1) is 0 Å². The van der Waals surface area contributed by atoms with Gasteiger partial charge in [-0.2, -0.15) is 17.6 Å². The fourth-order valence-corrected chi connectivity index (χ4v) is 3.99. The molecule has 0 saturated heterocycles. The lowest BCUT2D eigenvalue weighted by molar-refractivity contribution is 0.312. The first kappa shape index (κ1) is 17.6. The summed E-state index contributed by atoms with van der Waals surface area (Å²) < 4.78 is 26.8. The maximum atomic E-state index is 12.9. The number of fused-ring (bicyclic) bond motifs is 1. The molecule has 3 rings (SSSR count). The lowest BCUT2D eigenvalue weighted by Crippen LogP contribution is -2.26. The Bertz CT molecular complexity index is 989. The molecule has 25 heavy (non-hydrogen) atoms. The molecule has 1 heterocycles. The van der Waals surface area contributed by atoms with Gasteiger partial charge in [0.2, 0.25) is 0 Å². The van der Waals surface area contributed by atoms with E-state index in [9.17, 15) is 8.42 Å². The molecule has 0 aliphatic carbocycles. The van der Waals surface area contributed by atoms with Crippen LogP contribution < -0.4 is 0 Å². The highest BCUT2D eigenvalue weighted by atomic mass is 32.2. The Labute approximate surface area is 148 Å². The van der Waals surface area contributed by atoms with E-state index in [4.69, 9.17) is 0 Å². The highest BCUT2D eigenvalue weighted by molar-refractivity contribution is 7.90. The number of benzene rings is 2. The average molecular weight is 357 g/mol. The molecule has 1 atom stereocenters. The summed E-state index contributed by atoms with van der Waals surface area (Å²) in [6.45, 7) is 4.09. The summed E-state index contributed by atoms with van der Waals surface area (Å²) in [5.41, 5.74) is 2.78. The molecule has 5 nitrogen and oxygen atoms in total. The lowest BCUT2D eigenvalue weighted by Gasteiger charge is -2.19. The van der Waals surface area contributed by atoms with Crippen LogP contribution in [0, 0.1) is 6.92 Å². The number of nitrogens with zero attached hydrogens (tertiary/aromatic N) is 3. The lowest BCUT2D eigenvalue weighted by atomic mass is 10.1. The van der Waals surface area contributed by atoms with E-state index in [1.54, 1.807) is 30.5 Å². The van der Waals surface area contributed by atoms with Gasteiger partial charge in [-0.25, -0.2) is 0 Å². The second-order valence-corrected chi connectivity index (χ2v) is 8.48. The molecular weight excluding hydrogens is 334 g/mol. The van der Waals surface area contributed by atoms with Gasteiger partial charge in [0.05, 0.1) is 16.6 Å². The first-order valence-electron chi connectivity index (χ1n) is 8.24. The topological polar surface area (TPSA) is 55.2 Å². The summed E-state index contributed by atoms with van der Waals surface area (Å²) in [5.74, 6) is 0. The van der Waals surface area contributed by atoms with Crippen molar-refractivity contribution in [3.05, 3.63) is 59.8 Å². The van der Waals surface area contributed by atoms with Crippen molar-refractivity contribution in [2.45, 2.75) is 31.2 Å². The van der Waals surface area contributed by atoms with E-state index in [0.717, 1.165) is 21.5 Å². The largest absolute Gasteiger partial charge is 0.306 e. The van der Waals surface area contributed by atoms with Crippen LogP contribution in [0.1, 0.15) is 18.1 Å². The van der Waals surface area contributed by atoms with Crippen molar-refractivity contribution >= 4 is 20.9 Å². The molecule has 0 aliphatic heterocycles. The van der Waals surface area contributed by atoms with Gasteiger partial charge in [0, 0.05) is 11.4 Å². The summed E-state index contributed by atoms with van der Waals surface area (Å²) in [6.07, 6.45) is 2.52. The van der Waals surface area contributed by atoms with Gasteiger partial charge in [-0.1, -0.05) is 23.8 Å². The highest BCUT2D eigenvalue weighted by Crippen LogP contribution is 2.22. The van der Waals surface area contributed by atoms with Gasteiger partial charge >= 0.3 is 0 Å². The Morgan fingerprint density at radius 2 is 1.80 bits per heavy atom. The van der Waals surface area contributed by atoms with Crippen molar-refractivity contribution in [2.24, 2.45) is 0 Å². The molecule has 1 aromatic heterocycles. The van der Waals surface area contributed by atoms with Gasteiger partial charge in [-0.3, -0.25) is 0 Å². The van der Waals surface area contributed by atoms with Crippen LogP contribution in [0.2, 0.25) is 0 Å². The van der Waals surface area contributed by atoms with E-state index >= 15 is 0 Å². The summed E-state index contributed by atoms with van der Waals surface area (Å²) in [7, 11) is 0.411. The minimum atomic E-state index is -3.69. The zero-order valence-corrected chi connectivity index (χ0v) is 15.8. The Hall–Kier alpha value is -2.18. The Kier molecular flexibility index (Phi) is 4.67. The number of aromatic nitrogens is 2. The maximum Gasteiger partial charge on any atom is 0.283 e. The van der Waals surface area contributed by atoms with Crippen molar-refractivity contribution in [3.8, 4) is 0 Å². The van der Waals surface area contributed by atoms with Crippen LogP contribution in [0.5, 0.6) is 0 Å². The van der Waals surface area contributed by atoms with Crippen molar-refractivity contribution in [2.75, 3.05) is 14.1 Å². The van der Waals surface area contributed by atoms with Crippen LogP contribution in [0.3, 0.4) is 0 Å². The number of hydrogen-bond donors (Lipinski definition) is 0. The van der Waals surface area contributed by atoms with E-state index in [-0.39, 0.29) is 4.90 Å². The molecule has 0 fully saturated rings. The molecule has 0 bridgehead atoms. The molecule has 132 valence electrons. The molecule has 0 aliphatic rings. The first-order chi connectivity index (χ1) is 11.8. The van der Waals surface area contributed by atoms with E-state index in [1.807, 2.05) is 25.1 Å². The van der Waals surface area contributed by atoms with Crippen LogP contribution >= 0.6 is 0 Å². The second kappa shape index (κ2) is 6.61. The van der Waals surface area contributed by atoms with Gasteiger partial charge in [0.1, 0.15) is 0 Å². The molecule has 2 aromatic carbocycles. The minimum Gasteiger partial charge on any atom is -0.306 e. The van der Waals surface area contributed by atoms with Gasteiger partial charge in [0.15, 0.2) is 0 Å². The minimum absolute atomic E-state index is 0.244. The molecule has 0 radical (unpaired) electrons. The third-order valence-electron chi connectivity index (χ3n) is 4.56. The van der Waals surface area contributed by atoms with E-state index in [2.05, 4.69) is 31.0 Å². The Morgan fingerprint density at radius 3 is 2.44 bits per heavy atom. The first-order valence-corrected chi connectivity index (χ1v) is 9.68. The summed E-state index contributed by atoms with van der Waals surface area (Å²) >= 11 is 0. The monoisotopic (exact) mass is 357 g/mol. The predicted octanol–water partition coefficient (Wildman–Crippen LogP) is 3.07. The fourth-order valence-electron chi connectivity index (χ4n) is 2.71. The van der Waals surface area contributed by atoms with Crippen LogP contribution in [-0.2, 0) is 16.4 Å². The van der Waals surface area contributed by atoms with Crippen LogP contribution in [0.25, 0.3) is 10.9 Å². The zero-order chi connectivity index (χ0) is 18.2. The van der Waals surface area contributed by atoms with Crippen molar-refractivity contribution in [1.29, 1.82) is 0 Å². The maximum absolute atomic E-state index is 12.9. The molecule has 6 heteroatoms. The second-order valence-electron chi connectivity index (χ2n) is 6.72. The van der Waals surface area contributed by atoms with Crippen molar-refractivity contribution in [1.82, 2.24) is 14.1 Å². The third kappa shape index (κ3) is 3.45. The summed E-state index contributed by atoms with van der Waals surface area (Å²) in [4.78, 5) is 2.41. The molecule has 0 spiro atoms. The smallest absolute Gasteiger partial charge is 0.283 e. The number of aryl methyl sites for hydroxylation is 1. The van der Waals surface area contributed by atoms with Crippen molar-refractivity contribution in [3.63, 3.8) is 0 Å². The molecule has 1 unspecified atom stereocenters. The Balaban J connectivity index is 1.99. The predicted molar refractivity (Wildman–Crippen MR) is 100 cm³/mol. The van der Waals surface area contributed by atoms with E-state index in [0.29, 0.717) is 11.6 Å². The normalized spacial score (nSPS) is 13.5. The van der Waals surface area contributed by atoms with E-state index < -0.39 is 10.0 Å². The van der Waals surface area contributed by atoms with Gasteiger partial charge < -0.3 is 4.90 Å². The number of hydrogen-bond acceptors (Lipinski definition) is 4. The number of likely N-dealkylation sites (N-methyl/N-ethyl adjacent to an activating group) is 1. The van der Waals surface area contributed by atoms with Crippen LogP contribution in [-0.4, -0.2) is 42.6 Å². The summed E-state index contributed by atoms with van der Waals surface area (Å²) in [6, 6.07) is 13.1. The molecule has 3 aromatic rings. The zero-order valence-electron chi connectivity index (χ0n) is 15.0. The molecule has 0 saturated carbocycles. The van der Waals surface area contributed by atoms with Crippen LogP contribution in [0.4, 0.5) is 0 Å². The highest BCUT2D eigenvalue weighted by Gasteiger charge is 2.20. The molecular formula is C19H23N3O2S. The molecule has 0 amide bonds. The van der Waals surface area contributed by atoms with Gasteiger partial charge in [-0.05, 0) is 64.2 Å². The fraction of sp³-hybridized carbons (Fsp3) is 0.316. The van der Waals surface area contributed by atoms with E-state index in [1.165, 1.54) is 5.56 Å². The quantitative estimate of drug-likeness (QED) is 0.704. The average Bonchev–Trinajstić information content (AvgIpc) is 2.99. The van der Waals surface area contributed by atoms with Crippen LogP contribution in [0.15, 0.2) is 53.6 Å². The van der Waals surface area contributed by atoms with Crippen molar-refractivity contribution < 1.29 is 8.42 Å². The SMILES string of the molecule is Cc1ccc(S(=O)(=O)n2ncc3cc(CC(C)N(C)C)ccc32)cc1. The standard InChI is InChI=1S/C19H23N3O2S/c1-14-5-8-18(9-6-14)25(23,24)22-19-10-7-16(11-15(2)21(3)4)12-17(19)13-20-22/h5-10,12-13,15H,11H2,1-4H3. The third-order valence-corrected chi connectivity index (χ3v) is 6.17. The summed E-state index contributed by atoms with van der Waals surface area (Å²) in [5, 5.41) is 4.97. The van der Waals surface area contributed by atoms with Gasteiger partial charge in [0.25, 0.3) is 10.0 Å². The molecule has 0 N–H and O–H groups in total.